The minimum absolute atomic E-state index is 0.0747. The maximum atomic E-state index is 13.2. The van der Waals surface area contributed by atoms with Gasteiger partial charge in [-0.3, -0.25) is 14.4 Å². The van der Waals surface area contributed by atoms with Crippen LogP contribution in [-0.2, 0) is 25.5 Å². The van der Waals surface area contributed by atoms with Crippen LogP contribution in [0.1, 0.15) is 79.6 Å². The molecule has 3 aromatic rings. The van der Waals surface area contributed by atoms with E-state index in [1.54, 1.807) is 37.2 Å². The van der Waals surface area contributed by atoms with Crippen molar-refractivity contribution in [3.63, 3.8) is 0 Å². The van der Waals surface area contributed by atoms with Crippen molar-refractivity contribution in [1.82, 2.24) is 4.90 Å². The number of hydrogen-bond donors (Lipinski definition) is 1. The molecule has 0 aromatic heterocycles. The van der Waals surface area contributed by atoms with E-state index in [-0.39, 0.29) is 30.4 Å². The number of carbonyl (C=O) groups excluding carboxylic acids is 4. The molecule has 0 bridgehead atoms. The number of anilines is 2. The average Bonchev–Trinajstić information content (AvgIpc) is 3.47. The predicted molar refractivity (Wildman–Crippen MR) is 186 cm³/mol. The fraction of sp³-hybridized carbons (Fsp3) is 0.368. The normalized spacial score (nSPS) is 12.4. The first-order valence-corrected chi connectivity index (χ1v) is 15.8. The minimum Gasteiger partial charge on any atom is -0.465 e. The maximum absolute atomic E-state index is 13.2. The number of methoxy groups -OCH3 is 1. The highest BCUT2D eigenvalue weighted by atomic mass is 16.5. The van der Waals surface area contributed by atoms with Crippen LogP contribution in [-0.4, -0.2) is 56.2 Å². The molecular formula is C38H47N3O5. The van der Waals surface area contributed by atoms with Gasteiger partial charge in [0.05, 0.1) is 18.4 Å². The Balaban J connectivity index is 0.00000107. The van der Waals surface area contributed by atoms with E-state index in [2.05, 4.69) is 26.1 Å². The van der Waals surface area contributed by atoms with Crippen LogP contribution >= 0.6 is 0 Å². The van der Waals surface area contributed by atoms with Gasteiger partial charge in [-0.2, -0.15) is 0 Å². The highest BCUT2D eigenvalue weighted by molar-refractivity contribution is 6.28. The van der Waals surface area contributed by atoms with Crippen molar-refractivity contribution in [2.24, 2.45) is 5.92 Å². The zero-order valence-corrected chi connectivity index (χ0v) is 28.4. The van der Waals surface area contributed by atoms with Crippen LogP contribution in [0.3, 0.4) is 0 Å². The molecule has 1 aliphatic rings. The Hall–Kier alpha value is -4.72. The first kappa shape index (κ1) is 35.8. The van der Waals surface area contributed by atoms with E-state index in [0.717, 1.165) is 34.0 Å². The van der Waals surface area contributed by atoms with Gasteiger partial charge in [0, 0.05) is 50.4 Å². The van der Waals surface area contributed by atoms with E-state index in [9.17, 15) is 19.2 Å². The van der Waals surface area contributed by atoms with Gasteiger partial charge >= 0.3 is 5.97 Å². The maximum Gasteiger partial charge on any atom is 0.337 e. The Morgan fingerprint density at radius 3 is 2.17 bits per heavy atom. The van der Waals surface area contributed by atoms with E-state index in [4.69, 9.17) is 4.74 Å². The van der Waals surface area contributed by atoms with Crippen LogP contribution in [0.25, 0.3) is 11.3 Å². The molecular weight excluding hydrogens is 578 g/mol. The number of ketones is 1. The number of Topliss-reactive ketones (excluding diaryl/α,β-unsaturated/α-hetero) is 1. The quantitative estimate of drug-likeness (QED) is 0.146. The summed E-state index contributed by atoms with van der Waals surface area (Å²) in [5.74, 6) is 0.165. The number of esters is 1. The highest BCUT2D eigenvalue weighted by Gasteiger charge is 2.26. The first-order valence-electron chi connectivity index (χ1n) is 15.8. The number of nitrogens with zero attached hydrogens (tertiary/aromatic N) is 2. The summed E-state index contributed by atoms with van der Waals surface area (Å²) in [6.45, 7) is 10.6. The molecule has 1 N–H and O–H groups in total. The smallest absolute Gasteiger partial charge is 0.337 e. The van der Waals surface area contributed by atoms with E-state index in [1.807, 2.05) is 55.5 Å². The van der Waals surface area contributed by atoms with Gasteiger partial charge in [-0.15, -0.1) is 0 Å². The third-order valence-corrected chi connectivity index (χ3v) is 7.99. The Kier molecular flexibility index (Phi) is 12.9. The lowest BCUT2D eigenvalue weighted by Crippen LogP contribution is -2.30. The van der Waals surface area contributed by atoms with E-state index in [1.165, 1.54) is 25.4 Å². The molecule has 1 aliphatic heterocycles. The molecule has 8 heteroatoms. The van der Waals surface area contributed by atoms with Gasteiger partial charge in [-0.1, -0.05) is 63.6 Å². The summed E-state index contributed by atoms with van der Waals surface area (Å²) in [5.41, 5.74) is 6.48. The van der Waals surface area contributed by atoms with Gasteiger partial charge in [-0.05, 0) is 78.8 Å². The second kappa shape index (κ2) is 16.5. The fourth-order valence-electron chi connectivity index (χ4n) is 5.03. The first-order chi connectivity index (χ1) is 21.9. The van der Waals surface area contributed by atoms with E-state index >= 15 is 0 Å². The van der Waals surface area contributed by atoms with Gasteiger partial charge in [0.1, 0.15) is 0 Å². The molecule has 1 heterocycles. The summed E-state index contributed by atoms with van der Waals surface area (Å²) in [7, 11) is 4.70. The zero-order chi connectivity index (χ0) is 34.0. The van der Waals surface area contributed by atoms with Crippen LogP contribution in [0, 0.1) is 12.8 Å². The number of hydrogen-bond acceptors (Lipinski definition) is 6. The Bertz CT molecular complexity index is 1590. The Labute approximate surface area is 273 Å². The number of carbonyl (C=O) groups is 4. The molecule has 46 heavy (non-hydrogen) atoms. The number of nitrogens with one attached hydrogen (secondary N) is 1. The molecule has 0 unspecified atom stereocenters. The predicted octanol–water partition coefficient (Wildman–Crippen LogP) is 7.16. The van der Waals surface area contributed by atoms with Gasteiger partial charge in [0.2, 0.25) is 11.8 Å². The van der Waals surface area contributed by atoms with Crippen molar-refractivity contribution in [2.75, 3.05) is 38.0 Å². The molecule has 0 aliphatic carbocycles. The van der Waals surface area contributed by atoms with Gasteiger partial charge in [-0.25, -0.2) is 4.79 Å². The summed E-state index contributed by atoms with van der Waals surface area (Å²) in [5, 5.41) is 3.49. The number of fused-ring (bicyclic) bond motifs is 1. The largest absolute Gasteiger partial charge is 0.465 e. The molecule has 0 saturated carbocycles. The van der Waals surface area contributed by atoms with Gasteiger partial charge in [0.25, 0.3) is 0 Å². The van der Waals surface area contributed by atoms with Crippen LogP contribution in [0.15, 0.2) is 66.7 Å². The lowest BCUT2D eigenvalue weighted by atomic mass is 9.92. The molecule has 0 atom stereocenters. The van der Waals surface area contributed by atoms with Crippen molar-refractivity contribution >= 4 is 46.2 Å². The molecule has 0 spiro atoms. The third-order valence-electron chi connectivity index (χ3n) is 7.99. The Morgan fingerprint density at radius 1 is 0.935 bits per heavy atom. The molecule has 0 fully saturated rings. The number of allylic oxidation sites excluding steroid dienone is 1. The van der Waals surface area contributed by atoms with Crippen molar-refractivity contribution in [3.8, 4) is 0 Å². The summed E-state index contributed by atoms with van der Waals surface area (Å²) in [4.78, 5) is 53.3. The van der Waals surface area contributed by atoms with Crippen LogP contribution < -0.4 is 10.2 Å². The van der Waals surface area contributed by atoms with Crippen LogP contribution in [0.5, 0.6) is 0 Å². The average molecular weight is 626 g/mol. The third kappa shape index (κ3) is 9.16. The van der Waals surface area contributed by atoms with Crippen LogP contribution in [0.2, 0.25) is 0 Å². The highest BCUT2D eigenvalue weighted by Crippen LogP contribution is 2.35. The number of benzene rings is 3. The minimum atomic E-state index is -0.440. The number of ether oxygens (including phenoxy) is 1. The van der Waals surface area contributed by atoms with Crippen LogP contribution in [0.4, 0.5) is 11.4 Å². The standard InChI is InChI=1S/C33H35N3O5.C5H12/c1-21-19-25(33(40)41-5)11-13-27(21)31(22(2)37)32(23-9-7-6-8-10-23)34-26-12-14-28-24(20-26)17-18-36(28)30(39)16-15-29(38)35(3)4;1-4-5(2)3/h6-14,19-20,34H,15-18H2,1-5H3;5H,4H2,1-3H3/b32-31+;. The summed E-state index contributed by atoms with van der Waals surface area (Å²) < 4.78 is 4.86. The number of amides is 2. The monoisotopic (exact) mass is 625 g/mol. The summed E-state index contributed by atoms with van der Waals surface area (Å²) >= 11 is 0. The molecule has 0 saturated heterocycles. The van der Waals surface area contributed by atoms with Crippen molar-refractivity contribution < 1.29 is 23.9 Å². The molecule has 8 nitrogen and oxygen atoms in total. The second-order valence-electron chi connectivity index (χ2n) is 12.0. The Morgan fingerprint density at radius 2 is 1.61 bits per heavy atom. The second-order valence-corrected chi connectivity index (χ2v) is 12.0. The zero-order valence-electron chi connectivity index (χ0n) is 28.4. The molecule has 3 aromatic carbocycles. The van der Waals surface area contributed by atoms with Crippen molar-refractivity contribution in [3.05, 3.63) is 94.5 Å². The topological polar surface area (TPSA) is 96.0 Å². The number of aryl methyl sites for hydroxylation is 1. The lowest BCUT2D eigenvalue weighted by Gasteiger charge is -2.20. The van der Waals surface area contributed by atoms with Crippen molar-refractivity contribution in [2.45, 2.75) is 60.3 Å². The van der Waals surface area contributed by atoms with Gasteiger partial charge in [0.15, 0.2) is 5.78 Å². The van der Waals surface area contributed by atoms with E-state index in [0.29, 0.717) is 35.4 Å². The van der Waals surface area contributed by atoms with E-state index < -0.39 is 5.97 Å². The molecule has 4 rings (SSSR count). The SMILES string of the molecule is CCC(C)C.COC(=O)c1ccc(/C(C(C)=O)=C(/Nc2ccc3c(c2)CCN3C(=O)CCC(=O)N(C)C)c2ccccc2)c(C)c1. The summed E-state index contributed by atoms with van der Waals surface area (Å²) in [6, 6.07) is 20.6. The lowest BCUT2D eigenvalue weighted by molar-refractivity contribution is -0.131. The molecule has 2 amide bonds. The molecule has 244 valence electrons. The fourth-order valence-corrected chi connectivity index (χ4v) is 5.03. The summed E-state index contributed by atoms with van der Waals surface area (Å²) in [6.07, 6.45) is 2.33. The number of rotatable bonds is 10. The molecule has 0 radical (unpaired) electrons. The van der Waals surface area contributed by atoms with Gasteiger partial charge < -0.3 is 19.9 Å². The van der Waals surface area contributed by atoms with Crippen molar-refractivity contribution in [1.29, 1.82) is 0 Å².